The first kappa shape index (κ1) is 9.96. The molecule has 0 saturated heterocycles. The molecule has 1 fully saturated rings. The van der Waals surface area contributed by atoms with Crippen molar-refractivity contribution in [2.45, 2.75) is 18.3 Å². The summed E-state index contributed by atoms with van der Waals surface area (Å²) >= 11 is 0. The highest BCUT2D eigenvalue weighted by Crippen LogP contribution is 2.46. The third-order valence-electron chi connectivity index (χ3n) is 2.43. The van der Waals surface area contributed by atoms with Crippen molar-refractivity contribution >= 4 is 7.32 Å². The summed E-state index contributed by atoms with van der Waals surface area (Å²) in [7, 11) is -1.84. The molecule has 1 aromatic rings. The van der Waals surface area contributed by atoms with E-state index in [0.29, 0.717) is 5.69 Å². The summed E-state index contributed by atoms with van der Waals surface area (Å²) in [5, 5.41) is 26.0. The zero-order valence-corrected chi connectivity index (χ0v) is 7.92. The van der Waals surface area contributed by atoms with Crippen LogP contribution in [0.25, 0.3) is 0 Å². The molecule has 6 heteroatoms. The minimum atomic E-state index is -1.84. The largest absolute Gasteiger partial charge is 0.707 e. The van der Waals surface area contributed by atoms with Gasteiger partial charge in [0.2, 0.25) is 0 Å². The molecule has 0 radical (unpaired) electrons. The molecule has 1 aliphatic carbocycles. The second-order valence-corrected chi connectivity index (χ2v) is 3.52. The molecule has 0 spiro atoms. The molecule has 0 bridgehead atoms. The summed E-state index contributed by atoms with van der Waals surface area (Å²) in [4.78, 5) is 4.07. The molecule has 1 aliphatic rings. The first-order chi connectivity index (χ1) is 7.16. The highest BCUT2D eigenvalue weighted by atomic mass is 16.6. The molecule has 0 aliphatic heterocycles. The van der Waals surface area contributed by atoms with Gasteiger partial charge in [-0.2, -0.15) is 5.26 Å². The monoisotopic (exact) mass is 204 g/mol. The van der Waals surface area contributed by atoms with Crippen LogP contribution >= 0.6 is 0 Å². The van der Waals surface area contributed by atoms with Crippen molar-refractivity contribution in [1.82, 2.24) is 4.98 Å². The molecule has 0 unspecified atom stereocenters. The quantitative estimate of drug-likeness (QED) is 0.676. The van der Waals surface area contributed by atoms with Crippen LogP contribution in [0.1, 0.15) is 18.5 Å². The Morgan fingerprint density at radius 2 is 2.20 bits per heavy atom. The van der Waals surface area contributed by atoms with Crippen molar-refractivity contribution in [3.8, 4) is 11.8 Å². The highest BCUT2D eigenvalue weighted by molar-refractivity contribution is 6.33. The van der Waals surface area contributed by atoms with Crippen molar-refractivity contribution in [3.63, 3.8) is 0 Å². The van der Waals surface area contributed by atoms with E-state index >= 15 is 0 Å². The zero-order valence-electron chi connectivity index (χ0n) is 7.92. The van der Waals surface area contributed by atoms with Crippen molar-refractivity contribution < 1.29 is 14.7 Å². The standard InChI is InChI=1S/C9H9BN2O3/c11-6-9(3-4-9)8-2-1-7(5-12-8)15-10(13)14/h1-2,5,13-14H,3-4H2. The maximum absolute atomic E-state index is 8.92. The van der Waals surface area contributed by atoms with Crippen LogP contribution in [0, 0.1) is 11.3 Å². The number of hydrogen-bond acceptors (Lipinski definition) is 5. The summed E-state index contributed by atoms with van der Waals surface area (Å²) in [6, 6.07) is 5.47. The molecule has 5 nitrogen and oxygen atoms in total. The van der Waals surface area contributed by atoms with Gasteiger partial charge in [-0.15, -0.1) is 0 Å². The molecule has 76 valence electrons. The van der Waals surface area contributed by atoms with Crippen molar-refractivity contribution in [2.24, 2.45) is 0 Å². The van der Waals surface area contributed by atoms with Gasteiger partial charge in [0.1, 0.15) is 5.75 Å². The lowest BCUT2D eigenvalue weighted by atomic mass is 10.0. The Labute approximate surface area is 87.1 Å². The summed E-state index contributed by atoms with van der Waals surface area (Å²) in [6.07, 6.45) is 3.05. The summed E-state index contributed by atoms with van der Waals surface area (Å²) in [6.45, 7) is 0. The van der Waals surface area contributed by atoms with Crippen LogP contribution in [0.3, 0.4) is 0 Å². The number of rotatable bonds is 3. The van der Waals surface area contributed by atoms with E-state index < -0.39 is 12.7 Å². The molecule has 2 N–H and O–H groups in total. The Balaban J connectivity index is 2.15. The first-order valence-electron chi connectivity index (χ1n) is 4.57. The summed E-state index contributed by atoms with van der Waals surface area (Å²) in [5.74, 6) is 0.266. The van der Waals surface area contributed by atoms with Crippen LogP contribution in [0.2, 0.25) is 0 Å². The molecular formula is C9H9BN2O3. The van der Waals surface area contributed by atoms with Gasteiger partial charge >= 0.3 is 7.32 Å². The van der Waals surface area contributed by atoms with Crippen molar-refractivity contribution in [1.29, 1.82) is 5.26 Å². The topological polar surface area (TPSA) is 86.4 Å². The van der Waals surface area contributed by atoms with E-state index in [1.807, 2.05) is 0 Å². The fourth-order valence-electron chi connectivity index (χ4n) is 1.41. The molecule has 1 heterocycles. The van der Waals surface area contributed by atoms with Gasteiger partial charge in [0.05, 0.1) is 23.4 Å². The lowest BCUT2D eigenvalue weighted by molar-refractivity contribution is 0.287. The maximum Gasteiger partial charge on any atom is 0.707 e. The van der Waals surface area contributed by atoms with Crippen molar-refractivity contribution in [2.75, 3.05) is 0 Å². The van der Waals surface area contributed by atoms with E-state index in [0.717, 1.165) is 12.8 Å². The van der Waals surface area contributed by atoms with E-state index in [4.69, 9.17) is 15.3 Å². The Morgan fingerprint density at radius 1 is 1.47 bits per heavy atom. The van der Waals surface area contributed by atoms with E-state index in [9.17, 15) is 0 Å². The van der Waals surface area contributed by atoms with Crippen LogP contribution in [-0.2, 0) is 5.41 Å². The van der Waals surface area contributed by atoms with Gasteiger partial charge in [0, 0.05) is 0 Å². The Hall–Kier alpha value is -1.58. The molecule has 2 rings (SSSR count). The van der Waals surface area contributed by atoms with Gasteiger partial charge in [-0.05, 0) is 25.0 Å². The average Bonchev–Trinajstić information content (AvgIpc) is 2.99. The van der Waals surface area contributed by atoms with E-state index in [1.54, 1.807) is 12.1 Å². The number of nitrogens with zero attached hydrogens (tertiary/aromatic N) is 2. The third-order valence-corrected chi connectivity index (χ3v) is 2.43. The van der Waals surface area contributed by atoms with Gasteiger partial charge in [-0.1, -0.05) is 0 Å². The molecule has 15 heavy (non-hydrogen) atoms. The predicted octanol–water partition coefficient (Wildman–Crippen LogP) is -0.0149. The predicted molar refractivity (Wildman–Crippen MR) is 51.6 cm³/mol. The Morgan fingerprint density at radius 3 is 2.60 bits per heavy atom. The fraction of sp³-hybridized carbons (Fsp3) is 0.333. The van der Waals surface area contributed by atoms with Gasteiger partial charge in [-0.25, -0.2) is 0 Å². The maximum atomic E-state index is 8.92. The molecule has 0 amide bonds. The van der Waals surface area contributed by atoms with E-state index in [-0.39, 0.29) is 5.75 Å². The zero-order chi connectivity index (χ0) is 10.9. The molecule has 0 atom stereocenters. The SMILES string of the molecule is N#CC1(c2ccc(OB(O)O)cn2)CC1. The smallest absolute Gasteiger partial charge is 0.511 e. The van der Waals surface area contributed by atoms with Crippen molar-refractivity contribution in [3.05, 3.63) is 24.0 Å². The lowest BCUT2D eigenvalue weighted by Crippen LogP contribution is -2.20. The Kier molecular flexibility index (Phi) is 2.35. The third kappa shape index (κ3) is 1.93. The van der Waals surface area contributed by atoms with Gasteiger partial charge in [-0.3, -0.25) is 4.98 Å². The number of hydrogen-bond donors (Lipinski definition) is 2. The van der Waals surface area contributed by atoms with Crippen LogP contribution in [0.4, 0.5) is 0 Å². The number of nitriles is 1. The normalized spacial score (nSPS) is 16.6. The second kappa shape index (κ2) is 3.53. The van der Waals surface area contributed by atoms with E-state index in [2.05, 4.69) is 15.7 Å². The van der Waals surface area contributed by atoms with Crippen LogP contribution in [0.15, 0.2) is 18.3 Å². The van der Waals surface area contributed by atoms with Crippen LogP contribution < -0.4 is 4.65 Å². The average molecular weight is 204 g/mol. The minimum Gasteiger partial charge on any atom is -0.511 e. The minimum absolute atomic E-state index is 0.266. The first-order valence-corrected chi connectivity index (χ1v) is 4.57. The number of pyridine rings is 1. The highest BCUT2D eigenvalue weighted by Gasteiger charge is 2.46. The van der Waals surface area contributed by atoms with Gasteiger partial charge in [0.25, 0.3) is 0 Å². The van der Waals surface area contributed by atoms with Gasteiger partial charge in [0.15, 0.2) is 0 Å². The summed E-state index contributed by atoms with van der Waals surface area (Å²) in [5.41, 5.74) is 0.292. The van der Waals surface area contributed by atoms with Gasteiger partial charge < -0.3 is 14.7 Å². The van der Waals surface area contributed by atoms with E-state index in [1.165, 1.54) is 6.20 Å². The number of aromatic nitrogens is 1. The molecule has 1 aromatic heterocycles. The lowest BCUT2D eigenvalue weighted by Gasteiger charge is -2.07. The fourth-order valence-corrected chi connectivity index (χ4v) is 1.41. The summed E-state index contributed by atoms with van der Waals surface area (Å²) < 4.78 is 4.60. The molecule has 0 aromatic carbocycles. The second-order valence-electron chi connectivity index (χ2n) is 3.52. The molecular weight excluding hydrogens is 195 g/mol. The van der Waals surface area contributed by atoms with Crippen LogP contribution in [-0.4, -0.2) is 22.4 Å². The molecule has 1 saturated carbocycles. The van der Waals surface area contributed by atoms with Crippen LogP contribution in [0.5, 0.6) is 5.75 Å². The Bertz CT molecular complexity index is 395.